The van der Waals surface area contributed by atoms with Gasteiger partial charge in [0.05, 0.1) is 12.6 Å². The summed E-state index contributed by atoms with van der Waals surface area (Å²) in [6.45, 7) is 4.36. The zero-order valence-corrected chi connectivity index (χ0v) is 15.2. The number of ether oxygens (including phenoxy) is 1. The average Bonchev–Trinajstić information content (AvgIpc) is 2.63. The first kappa shape index (κ1) is 17.7. The van der Waals surface area contributed by atoms with Crippen LogP contribution in [0.5, 0.6) is 5.75 Å². The van der Waals surface area contributed by atoms with Crippen molar-refractivity contribution in [3.8, 4) is 5.75 Å². The Morgan fingerprint density at radius 3 is 2.54 bits per heavy atom. The van der Waals surface area contributed by atoms with E-state index in [9.17, 15) is 9.59 Å². The van der Waals surface area contributed by atoms with Gasteiger partial charge in [-0.25, -0.2) is 0 Å². The number of methoxy groups -OCH3 is 1. The van der Waals surface area contributed by atoms with Crippen molar-refractivity contribution < 1.29 is 9.53 Å². The minimum Gasteiger partial charge on any atom is -0.495 e. The number of aromatic nitrogens is 1. The van der Waals surface area contributed by atoms with E-state index in [2.05, 4.69) is 10.3 Å². The number of pyridine rings is 1. The molecule has 1 amide bonds. The molecule has 0 unspecified atom stereocenters. The standard InChI is InChI=1S/C21H22N2O3/c1-13-4-7-15(8-5-13)20(24)22-11-10-16-12-17-14(2)6-9-18(26-3)19(17)23-21(16)25/h4-9,12H,10-11H2,1-3H3,(H,22,24)(H,23,25). The quantitative estimate of drug-likeness (QED) is 0.743. The highest BCUT2D eigenvalue weighted by Gasteiger charge is 2.10. The van der Waals surface area contributed by atoms with Crippen molar-refractivity contribution in [2.75, 3.05) is 13.7 Å². The van der Waals surface area contributed by atoms with Crippen LogP contribution in [-0.2, 0) is 6.42 Å². The number of nitrogens with one attached hydrogen (secondary N) is 2. The first-order valence-corrected chi connectivity index (χ1v) is 8.54. The zero-order valence-electron chi connectivity index (χ0n) is 15.2. The van der Waals surface area contributed by atoms with Gasteiger partial charge in [0.25, 0.3) is 11.5 Å². The fourth-order valence-corrected chi connectivity index (χ4v) is 2.93. The Bertz CT molecular complexity index is 1000. The van der Waals surface area contributed by atoms with Gasteiger partial charge in [0.15, 0.2) is 0 Å². The lowest BCUT2D eigenvalue weighted by Gasteiger charge is -2.10. The van der Waals surface area contributed by atoms with E-state index in [4.69, 9.17) is 4.74 Å². The second-order valence-electron chi connectivity index (χ2n) is 6.37. The van der Waals surface area contributed by atoms with Gasteiger partial charge in [-0.1, -0.05) is 23.8 Å². The van der Waals surface area contributed by atoms with Gasteiger partial charge in [-0.2, -0.15) is 0 Å². The number of hydrogen-bond donors (Lipinski definition) is 2. The molecule has 0 fully saturated rings. The van der Waals surface area contributed by atoms with Gasteiger partial charge < -0.3 is 15.0 Å². The number of carbonyl (C=O) groups is 1. The SMILES string of the molecule is COc1ccc(C)c2cc(CCNC(=O)c3ccc(C)cc3)c(=O)[nH]c12. The van der Waals surface area contributed by atoms with Gasteiger partial charge in [-0.3, -0.25) is 9.59 Å². The first-order chi connectivity index (χ1) is 12.5. The first-order valence-electron chi connectivity index (χ1n) is 8.54. The van der Waals surface area contributed by atoms with Crippen molar-refractivity contribution in [2.24, 2.45) is 0 Å². The highest BCUT2D eigenvalue weighted by molar-refractivity contribution is 5.94. The topological polar surface area (TPSA) is 71.2 Å². The third-order valence-electron chi connectivity index (χ3n) is 4.49. The van der Waals surface area contributed by atoms with E-state index in [0.29, 0.717) is 35.4 Å². The van der Waals surface area contributed by atoms with Crippen molar-refractivity contribution in [2.45, 2.75) is 20.3 Å². The van der Waals surface area contributed by atoms with E-state index in [1.54, 1.807) is 19.2 Å². The molecule has 3 rings (SSSR count). The molecule has 1 heterocycles. The van der Waals surface area contributed by atoms with Crippen molar-refractivity contribution in [1.82, 2.24) is 10.3 Å². The summed E-state index contributed by atoms with van der Waals surface area (Å²) >= 11 is 0. The van der Waals surface area contributed by atoms with Crippen LogP contribution in [0.3, 0.4) is 0 Å². The molecule has 0 atom stereocenters. The monoisotopic (exact) mass is 350 g/mol. The Labute approximate surface area is 152 Å². The molecule has 0 radical (unpaired) electrons. The Kier molecular flexibility index (Phi) is 5.07. The summed E-state index contributed by atoms with van der Waals surface area (Å²) in [7, 11) is 1.58. The van der Waals surface area contributed by atoms with Crippen LogP contribution in [-0.4, -0.2) is 24.5 Å². The lowest BCUT2D eigenvalue weighted by Crippen LogP contribution is -2.27. The van der Waals surface area contributed by atoms with Crippen LogP contribution in [0.4, 0.5) is 0 Å². The van der Waals surface area contributed by atoms with Gasteiger partial charge in [-0.15, -0.1) is 0 Å². The Hall–Kier alpha value is -3.08. The van der Waals surface area contributed by atoms with Crippen molar-refractivity contribution in [1.29, 1.82) is 0 Å². The fourth-order valence-electron chi connectivity index (χ4n) is 2.93. The van der Waals surface area contributed by atoms with Crippen molar-refractivity contribution >= 4 is 16.8 Å². The molecule has 26 heavy (non-hydrogen) atoms. The number of rotatable bonds is 5. The van der Waals surface area contributed by atoms with Crippen LogP contribution in [0.2, 0.25) is 0 Å². The summed E-state index contributed by atoms with van der Waals surface area (Å²) in [4.78, 5) is 27.4. The van der Waals surface area contributed by atoms with Gasteiger partial charge >= 0.3 is 0 Å². The van der Waals surface area contributed by atoms with E-state index in [1.165, 1.54) is 0 Å². The lowest BCUT2D eigenvalue weighted by atomic mass is 10.1. The largest absolute Gasteiger partial charge is 0.495 e. The Balaban J connectivity index is 1.76. The predicted octanol–water partition coefficient (Wildman–Crippen LogP) is 3.13. The smallest absolute Gasteiger partial charge is 0.251 e. The molecular formula is C21H22N2O3. The molecule has 1 aromatic heterocycles. The summed E-state index contributed by atoms with van der Waals surface area (Å²) in [6, 6.07) is 13.1. The molecule has 0 bridgehead atoms. The van der Waals surface area contributed by atoms with Crippen LogP contribution in [0, 0.1) is 13.8 Å². The average molecular weight is 350 g/mol. The number of aromatic amines is 1. The van der Waals surface area contributed by atoms with Gasteiger partial charge in [0.1, 0.15) is 5.75 Å². The molecule has 2 N–H and O–H groups in total. The summed E-state index contributed by atoms with van der Waals surface area (Å²) < 4.78 is 5.32. The van der Waals surface area contributed by atoms with E-state index in [1.807, 2.05) is 44.2 Å². The summed E-state index contributed by atoms with van der Waals surface area (Å²) in [5.74, 6) is 0.502. The third-order valence-corrected chi connectivity index (χ3v) is 4.49. The summed E-state index contributed by atoms with van der Waals surface area (Å²) in [5.41, 5.74) is 3.95. The number of amides is 1. The van der Waals surface area contributed by atoms with Crippen molar-refractivity contribution in [3.63, 3.8) is 0 Å². The number of H-pyrrole nitrogens is 1. The normalized spacial score (nSPS) is 10.7. The zero-order chi connectivity index (χ0) is 18.7. The third kappa shape index (κ3) is 3.61. The number of carbonyl (C=O) groups excluding carboxylic acids is 1. The molecular weight excluding hydrogens is 328 g/mol. The van der Waals surface area contributed by atoms with Crippen LogP contribution in [0.15, 0.2) is 47.3 Å². The van der Waals surface area contributed by atoms with E-state index < -0.39 is 0 Å². The number of fused-ring (bicyclic) bond motifs is 1. The molecule has 0 aliphatic heterocycles. The van der Waals surface area contributed by atoms with Crippen LogP contribution in [0.25, 0.3) is 10.9 Å². The summed E-state index contributed by atoms with van der Waals surface area (Å²) in [5, 5.41) is 3.81. The maximum Gasteiger partial charge on any atom is 0.251 e. The van der Waals surface area contributed by atoms with Crippen molar-refractivity contribution in [3.05, 3.63) is 75.1 Å². The number of aryl methyl sites for hydroxylation is 2. The summed E-state index contributed by atoms with van der Waals surface area (Å²) in [6.07, 6.45) is 0.458. The molecule has 0 spiro atoms. The molecule has 0 aliphatic rings. The molecule has 5 heteroatoms. The van der Waals surface area contributed by atoms with Gasteiger partial charge in [0, 0.05) is 23.1 Å². The van der Waals surface area contributed by atoms with Crippen LogP contribution in [0.1, 0.15) is 27.0 Å². The predicted molar refractivity (Wildman–Crippen MR) is 103 cm³/mol. The molecule has 2 aromatic carbocycles. The Morgan fingerprint density at radius 1 is 1.12 bits per heavy atom. The van der Waals surface area contributed by atoms with E-state index in [0.717, 1.165) is 16.5 Å². The number of benzene rings is 2. The van der Waals surface area contributed by atoms with Gasteiger partial charge in [-0.05, 0) is 50.1 Å². The minimum absolute atomic E-state index is 0.139. The van der Waals surface area contributed by atoms with Crippen LogP contribution < -0.4 is 15.6 Å². The Morgan fingerprint density at radius 2 is 1.85 bits per heavy atom. The van der Waals surface area contributed by atoms with Gasteiger partial charge in [0.2, 0.25) is 0 Å². The maximum atomic E-state index is 12.4. The van der Waals surface area contributed by atoms with E-state index in [-0.39, 0.29) is 11.5 Å². The lowest BCUT2D eigenvalue weighted by molar-refractivity contribution is 0.0954. The highest BCUT2D eigenvalue weighted by Crippen LogP contribution is 2.25. The minimum atomic E-state index is -0.161. The molecule has 0 aliphatic carbocycles. The highest BCUT2D eigenvalue weighted by atomic mass is 16.5. The van der Waals surface area contributed by atoms with E-state index >= 15 is 0 Å². The second-order valence-corrected chi connectivity index (χ2v) is 6.37. The number of hydrogen-bond acceptors (Lipinski definition) is 3. The molecule has 134 valence electrons. The molecule has 0 saturated carbocycles. The second kappa shape index (κ2) is 7.44. The molecule has 5 nitrogen and oxygen atoms in total. The molecule has 0 saturated heterocycles. The molecule has 3 aromatic rings. The maximum absolute atomic E-state index is 12.4. The fraction of sp³-hybridized carbons (Fsp3) is 0.238. The van der Waals surface area contributed by atoms with Crippen LogP contribution >= 0.6 is 0 Å².